The molecule has 0 fully saturated rings. The lowest BCUT2D eigenvalue weighted by atomic mass is 10.0. The molecule has 0 unspecified atom stereocenters. The molecule has 41 heavy (non-hydrogen) atoms. The van der Waals surface area contributed by atoms with Crippen LogP contribution >= 0.6 is 23.2 Å². The van der Waals surface area contributed by atoms with Gasteiger partial charge < -0.3 is 20.1 Å². The van der Waals surface area contributed by atoms with Crippen LogP contribution in [0.1, 0.15) is 10.4 Å². The third-order valence-electron chi connectivity index (χ3n) is 6.80. The highest BCUT2D eigenvalue weighted by molar-refractivity contribution is 6.42. The molecule has 0 bridgehead atoms. The first-order valence-corrected chi connectivity index (χ1v) is 13.5. The number of benzene rings is 5. The molecule has 0 saturated heterocycles. The SMILES string of the molecule is O=C(Nc1ccc2nc(-c3cccc4ccccc34)nc(Nc3ccc4c(c3)OCO4)c2c1)c1ccc(Cl)c(Cl)c1. The van der Waals surface area contributed by atoms with Gasteiger partial charge in [-0.15, -0.1) is 0 Å². The van der Waals surface area contributed by atoms with E-state index in [2.05, 4.69) is 28.8 Å². The highest BCUT2D eigenvalue weighted by Gasteiger charge is 2.17. The van der Waals surface area contributed by atoms with Crippen LogP contribution in [0.15, 0.2) is 97.1 Å². The van der Waals surface area contributed by atoms with Gasteiger partial charge in [-0.25, -0.2) is 9.97 Å². The Balaban J connectivity index is 1.32. The van der Waals surface area contributed by atoms with E-state index in [-0.39, 0.29) is 12.7 Å². The number of carbonyl (C=O) groups is 1. The number of amides is 1. The van der Waals surface area contributed by atoms with Crippen LogP contribution in [0, 0.1) is 0 Å². The second kappa shape index (κ2) is 10.3. The van der Waals surface area contributed by atoms with E-state index in [9.17, 15) is 4.79 Å². The van der Waals surface area contributed by atoms with Crippen LogP contribution in [0.2, 0.25) is 10.0 Å². The van der Waals surface area contributed by atoms with E-state index in [0.29, 0.717) is 50.0 Å². The fraction of sp³-hybridized carbons (Fsp3) is 0.0312. The van der Waals surface area contributed by atoms with Crippen molar-refractivity contribution < 1.29 is 14.3 Å². The van der Waals surface area contributed by atoms with Crippen molar-refractivity contribution in [1.29, 1.82) is 0 Å². The molecule has 1 aliphatic rings. The number of anilines is 3. The average molecular weight is 579 g/mol. The third kappa shape index (κ3) is 4.86. The summed E-state index contributed by atoms with van der Waals surface area (Å²) in [5.74, 6) is 2.16. The van der Waals surface area contributed by atoms with Crippen LogP contribution in [0.5, 0.6) is 11.5 Å². The van der Waals surface area contributed by atoms with E-state index in [1.807, 2.05) is 60.7 Å². The van der Waals surface area contributed by atoms with Crippen molar-refractivity contribution in [3.05, 3.63) is 113 Å². The summed E-state index contributed by atoms with van der Waals surface area (Å²) in [6.07, 6.45) is 0. The summed E-state index contributed by atoms with van der Waals surface area (Å²) in [4.78, 5) is 22.9. The number of rotatable bonds is 5. The average Bonchev–Trinajstić information content (AvgIpc) is 3.46. The van der Waals surface area contributed by atoms with Gasteiger partial charge in [0.1, 0.15) is 5.82 Å². The Morgan fingerprint density at radius 2 is 1.56 bits per heavy atom. The lowest BCUT2D eigenvalue weighted by Gasteiger charge is -2.14. The first-order chi connectivity index (χ1) is 20.0. The van der Waals surface area contributed by atoms with Gasteiger partial charge in [-0.3, -0.25) is 4.79 Å². The highest BCUT2D eigenvalue weighted by Crippen LogP contribution is 2.37. The monoisotopic (exact) mass is 578 g/mol. The number of fused-ring (bicyclic) bond motifs is 3. The molecule has 7 nitrogen and oxygen atoms in total. The third-order valence-corrected chi connectivity index (χ3v) is 7.54. The highest BCUT2D eigenvalue weighted by atomic mass is 35.5. The van der Waals surface area contributed by atoms with E-state index in [4.69, 9.17) is 42.6 Å². The zero-order chi connectivity index (χ0) is 27.9. The van der Waals surface area contributed by atoms with Crippen molar-refractivity contribution in [3.63, 3.8) is 0 Å². The zero-order valence-corrected chi connectivity index (χ0v) is 22.8. The molecular weight excluding hydrogens is 559 g/mol. The summed E-state index contributed by atoms with van der Waals surface area (Å²) >= 11 is 12.1. The number of hydrogen-bond donors (Lipinski definition) is 2. The van der Waals surface area contributed by atoms with E-state index >= 15 is 0 Å². The smallest absolute Gasteiger partial charge is 0.255 e. The molecule has 2 heterocycles. The van der Waals surface area contributed by atoms with Gasteiger partial charge >= 0.3 is 0 Å². The van der Waals surface area contributed by atoms with Crippen molar-refractivity contribution in [1.82, 2.24) is 9.97 Å². The minimum atomic E-state index is -0.318. The minimum absolute atomic E-state index is 0.183. The molecule has 6 aromatic rings. The molecule has 9 heteroatoms. The maximum Gasteiger partial charge on any atom is 0.255 e. The van der Waals surface area contributed by atoms with E-state index in [1.165, 1.54) is 6.07 Å². The number of nitrogens with zero attached hydrogens (tertiary/aromatic N) is 2. The van der Waals surface area contributed by atoms with Gasteiger partial charge in [0.05, 0.1) is 15.6 Å². The second-order valence-corrected chi connectivity index (χ2v) is 10.2. The zero-order valence-electron chi connectivity index (χ0n) is 21.3. The quantitative estimate of drug-likeness (QED) is 0.213. The molecule has 1 aliphatic heterocycles. The fourth-order valence-corrected chi connectivity index (χ4v) is 5.09. The molecular formula is C32H20Cl2N4O3. The van der Waals surface area contributed by atoms with Crippen LogP contribution in [-0.4, -0.2) is 22.7 Å². The maximum atomic E-state index is 13.0. The molecule has 5 aromatic carbocycles. The number of carbonyl (C=O) groups excluding carboxylic acids is 1. The predicted octanol–water partition coefficient (Wildman–Crippen LogP) is 8.48. The van der Waals surface area contributed by atoms with Crippen LogP contribution in [0.3, 0.4) is 0 Å². The Hall–Kier alpha value is -4.85. The standard InChI is InChI=1S/C32H20Cl2N4O3/c33-25-11-8-19(14-26(25)34)32(39)36-20-9-12-27-24(15-20)31(35-21-10-13-28-29(16-21)41-17-40-28)38-30(37-27)23-7-3-5-18-4-1-2-6-22(18)23/h1-16H,17H2,(H,36,39)(H,35,37,38). The molecule has 1 amide bonds. The molecule has 1 aromatic heterocycles. The summed E-state index contributed by atoms with van der Waals surface area (Å²) < 4.78 is 11.0. The minimum Gasteiger partial charge on any atom is -0.454 e. The molecule has 0 radical (unpaired) electrons. The first kappa shape index (κ1) is 25.1. The van der Waals surface area contributed by atoms with Gasteiger partial charge in [-0.1, -0.05) is 65.7 Å². The Morgan fingerprint density at radius 3 is 2.46 bits per heavy atom. The molecule has 0 saturated carbocycles. The molecule has 0 atom stereocenters. The number of hydrogen-bond acceptors (Lipinski definition) is 6. The fourth-order valence-electron chi connectivity index (χ4n) is 4.79. The molecule has 7 rings (SSSR count). The van der Waals surface area contributed by atoms with Gasteiger partial charge in [0, 0.05) is 34.0 Å². The summed E-state index contributed by atoms with van der Waals surface area (Å²) in [7, 11) is 0. The molecule has 2 N–H and O–H groups in total. The summed E-state index contributed by atoms with van der Waals surface area (Å²) in [6, 6.07) is 30.1. The number of aromatic nitrogens is 2. The van der Waals surface area contributed by atoms with Crippen LogP contribution in [0.25, 0.3) is 33.1 Å². The Bertz CT molecular complexity index is 1990. The van der Waals surface area contributed by atoms with E-state index < -0.39 is 0 Å². The van der Waals surface area contributed by atoms with E-state index in [0.717, 1.165) is 27.4 Å². The first-order valence-electron chi connectivity index (χ1n) is 12.7. The van der Waals surface area contributed by atoms with Gasteiger partial charge in [0.15, 0.2) is 17.3 Å². The number of halogens is 2. The van der Waals surface area contributed by atoms with Crippen molar-refractivity contribution in [2.75, 3.05) is 17.4 Å². The number of ether oxygens (including phenoxy) is 2. The van der Waals surface area contributed by atoms with Crippen LogP contribution in [-0.2, 0) is 0 Å². The van der Waals surface area contributed by atoms with Gasteiger partial charge in [-0.2, -0.15) is 0 Å². The Labute approximate surface area is 244 Å². The lowest BCUT2D eigenvalue weighted by molar-refractivity contribution is 0.102. The second-order valence-electron chi connectivity index (χ2n) is 9.43. The van der Waals surface area contributed by atoms with Crippen LogP contribution < -0.4 is 20.1 Å². The predicted molar refractivity (Wildman–Crippen MR) is 163 cm³/mol. The summed E-state index contributed by atoms with van der Waals surface area (Å²) in [5, 5.41) is 9.92. The molecule has 0 spiro atoms. The Morgan fingerprint density at radius 1 is 0.732 bits per heavy atom. The maximum absolute atomic E-state index is 13.0. The lowest BCUT2D eigenvalue weighted by Crippen LogP contribution is -2.12. The normalized spacial score (nSPS) is 12.0. The molecule has 200 valence electrons. The van der Waals surface area contributed by atoms with Crippen molar-refractivity contribution >= 4 is 68.0 Å². The van der Waals surface area contributed by atoms with Crippen molar-refractivity contribution in [2.45, 2.75) is 0 Å². The topological polar surface area (TPSA) is 85.4 Å². The van der Waals surface area contributed by atoms with Crippen molar-refractivity contribution in [3.8, 4) is 22.9 Å². The van der Waals surface area contributed by atoms with E-state index in [1.54, 1.807) is 12.1 Å². The van der Waals surface area contributed by atoms with Gasteiger partial charge in [-0.05, 0) is 59.3 Å². The van der Waals surface area contributed by atoms with Crippen LogP contribution in [0.4, 0.5) is 17.2 Å². The molecule has 0 aliphatic carbocycles. The Kier molecular flexibility index (Phi) is 6.30. The van der Waals surface area contributed by atoms with Crippen molar-refractivity contribution in [2.24, 2.45) is 0 Å². The van der Waals surface area contributed by atoms with Gasteiger partial charge in [0.25, 0.3) is 5.91 Å². The summed E-state index contributed by atoms with van der Waals surface area (Å²) in [5.41, 5.74) is 3.35. The largest absolute Gasteiger partial charge is 0.454 e. The number of nitrogens with one attached hydrogen (secondary N) is 2. The summed E-state index contributed by atoms with van der Waals surface area (Å²) in [6.45, 7) is 0.183. The van der Waals surface area contributed by atoms with Gasteiger partial charge in [0.2, 0.25) is 6.79 Å².